The molecule has 0 aliphatic rings. The molecule has 21 heavy (non-hydrogen) atoms. The monoisotopic (exact) mass is 290 g/mol. The predicted octanol–water partition coefficient (Wildman–Crippen LogP) is 2.15. The summed E-state index contributed by atoms with van der Waals surface area (Å²) in [6.07, 6.45) is 0.622. The Hall–Kier alpha value is -2.06. The summed E-state index contributed by atoms with van der Waals surface area (Å²) in [6.45, 7) is 3.73. The van der Waals surface area contributed by atoms with E-state index < -0.39 is 0 Å². The third kappa shape index (κ3) is 6.77. The molecule has 0 heterocycles. The molecule has 1 aromatic carbocycles. The van der Waals surface area contributed by atoms with Crippen molar-refractivity contribution in [2.24, 2.45) is 0 Å². The van der Waals surface area contributed by atoms with Gasteiger partial charge in [0.15, 0.2) is 0 Å². The summed E-state index contributed by atoms with van der Waals surface area (Å²) in [7, 11) is 1.59. The third-order valence-corrected chi connectivity index (χ3v) is 2.99. The van der Waals surface area contributed by atoms with Gasteiger partial charge in [-0.25, -0.2) is 0 Å². The van der Waals surface area contributed by atoms with Crippen LogP contribution in [0.15, 0.2) is 24.3 Å². The number of carbonyl (C=O) groups is 1. The second-order valence-corrected chi connectivity index (χ2v) is 4.70. The lowest BCUT2D eigenvalue weighted by Crippen LogP contribution is -2.35. The van der Waals surface area contributed by atoms with E-state index in [0.29, 0.717) is 39.1 Å². The van der Waals surface area contributed by atoms with Gasteiger partial charge in [-0.3, -0.25) is 4.79 Å². The van der Waals surface area contributed by atoms with E-state index in [2.05, 4.69) is 6.07 Å². The van der Waals surface area contributed by atoms with Crippen molar-refractivity contribution in [2.45, 2.75) is 19.8 Å². The number of methoxy groups -OCH3 is 1. The second-order valence-electron chi connectivity index (χ2n) is 4.70. The molecule has 0 saturated carbocycles. The van der Waals surface area contributed by atoms with E-state index in [0.717, 1.165) is 11.3 Å². The molecular weight excluding hydrogens is 268 g/mol. The number of hydrogen-bond acceptors (Lipinski definition) is 4. The smallest absolute Gasteiger partial charge is 0.226 e. The van der Waals surface area contributed by atoms with Crippen molar-refractivity contribution in [1.29, 1.82) is 5.26 Å². The molecule has 5 heteroatoms. The molecule has 0 unspecified atom stereocenters. The van der Waals surface area contributed by atoms with Crippen LogP contribution in [0.5, 0.6) is 5.75 Å². The van der Waals surface area contributed by atoms with E-state index in [9.17, 15) is 4.79 Å². The van der Waals surface area contributed by atoms with Crippen LogP contribution in [0.1, 0.15) is 18.4 Å². The maximum Gasteiger partial charge on any atom is 0.226 e. The quantitative estimate of drug-likeness (QED) is 0.699. The Morgan fingerprint density at radius 1 is 1.33 bits per heavy atom. The zero-order valence-electron chi connectivity index (χ0n) is 12.7. The van der Waals surface area contributed by atoms with Gasteiger partial charge in [0.05, 0.1) is 32.1 Å². The second kappa shape index (κ2) is 9.78. The Kier molecular flexibility index (Phi) is 7.92. The fourth-order valence-corrected chi connectivity index (χ4v) is 1.87. The van der Waals surface area contributed by atoms with Gasteiger partial charge in [-0.15, -0.1) is 0 Å². The molecule has 1 aromatic rings. The summed E-state index contributed by atoms with van der Waals surface area (Å²) in [6, 6.07) is 9.77. The van der Waals surface area contributed by atoms with Crippen molar-refractivity contribution in [1.82, 2.24) is 4.90 Å². The lowest BCUT2D eigenvalue weighted by molar-refractivity contribution is -0.132. The molecule has 0 saturated heterocycles. The molecular formula is C16H22N2O3. The summed E-state index contributed by atoms with van der Waals surface area (Å²) in [5.41, 5.74) is 1.12. The Balaban J connectivity index is 2.40. The Bertz CT molecular complexity index is 483. The summed E-state index contributed by atoms with van der Waals surface area (Å²) in [5, 5.41) is 8.63. The lowest BCUT2D eigenvalue weighted by Gasteiger charge is -2.21. The first-order chi connectivity index (χ1) is 10.2. The number of nitriles is 1. The van der Waals surface area contributed by atoms with Crippen LogP contribution in [0.2, 0.25) is 0 Å². The summed E-state index contributed by atoms with van der Waals surface area (Å²) < 4.78 is 10.6. The summed E-state index contributed by atoms with van der Waals surface area (Å²) >= 11 is 0. The van der Waals surface area contributed by atoms with Crippen LogP contribution in [0.3, 0.4) is 0 Å². The first-order valence-electron chi connectivity index (χ1n) is 7.00. The van der Waals surface area contributed by atoms with E-state index in [-0.39, 0.29) is 5.91 Å². The SMILES string of the molecule is COCCN(CCC#N)C(=O)CCOc1cccc(C)c1. The normalized spacial score (nSPS) is 9.95. The van der Waals surface area contributed by atoms with Gasteiger partial charge in [-0.2, -0.15) is 5.26 Å². The highest BCUT2D eigenvalue weighted by Crippen LogP contribution is 2.12. The van der Waals surface area contributed by atoms with Gasteiger partial charge in [0.2, 0.25) is 5.91 Å². The van der Waals surface area contributed by atoms with Crippen molar-refractivity contribution in [3.05, 3.63) is 29.8 Å². The number of nitrogens with zero attached hydrogens (tertiary/aromatic N) is 2. The molecule has 0 atom stereocenters. The Morgan fingerprint density at radius 3 is 2.81 bits per heavy atom. The number of aryl methyl sites for hydroxylation is 1. The van der Waals surface area contributed by atoms with Crippen molar-refractivity contribution >= 4 is 5.91 Å². The van der Waals surface area contributed by atoms with Crippen LogP contribution in [0.25, 0.3) is 0 Å². The Labute approximate surface area is 126 Å². The van der Waals surface area contributed by atoms with Gasteiger partial charge in [-0.05, 0) is 24.6 Å². The molecule has 0 spiro atoms. The molecule has 114 valence electrons. The molecule has 0 fully saturated rings. The van der Waals surface area contributed by atoms with Crippen molar-refractivity contribution < 1.29 is 14.3 Å². The van der Waals surface area contributed by atoms with Gasteiger partial charge < -0.3 is 14.4 Å². The molecule has 1 amide bonds. The van der Waals surface area contributed by atoms with Crippen LogP contribution < -0.4 is 4.74 Å². The number of ether oxygens (including phenoxy) is 2. The van der Waals surface area contributed by atoms with Crippen LogP contribution in [0, 0.1) is 18.3 Å². The zero-order chi connectivity index (χ0) is 15.5. The van der Waals surface area contributed by atoms with Crippen LogP contribution in [-0.2, 0) is 9.53 Å². The maximum absolute atomic E-state index is 12.1. The predicted molar refractivity (Wildman–Crippen MR) is 80.0 cm³/mol. The van der Waals surface area contributed by atoms with Crippen molar-refractivity contribution in [2.75, 3.05) is 33.4 Å². The number of carbonyl (C=O) groups excluding carboxylic acids is 1. The number of rotatable bonds is 9. The fraction of sp³-hybridized carbons (Fsp3) is 0.500. The van der Waals surface area contributed by atoms with Gasteiger partial charge in [0.1, 0.15) is 5.75 Å². The Morgan fingerprint density at radius 2 is 2.14 bits per heavy atom. The molecule has 5 nitrogen and oxygen atoms in total. The lowest BCUT2D eigenvalue weighted by atomic mass is 10.2. The summed E-state index contributed by atoms with van der Waals surface area (Å²) in [4.78, 5) is 13.7. The first-order valence-corrected chi connectivity index (χ1v) is 7.00. The average Bonchev–Trinajstić information content (AvgIpc) is 2.47. The number of benzene rings is 1. The van der Waals surface area contributed by atoms with E-state index >= 15 is 0 Å². The average molecular weight is 290 g/mol. The summed E-state index contributed by atoms with van der Waals surface area (Å²) in [5.74, 6) is 0.748. The van der Waals surface area contributed by atoms with Crippen LogP contribution in [0.4, 0.5) is 0 Å². The number of amides is 1. The van der Waals surface area contributed by atoms with Crippen LogP contribution in [-0.4, -0.2) is 44.2 Å². The minimum Gasteiger partial charge on any atom is -0.493 e. The van der Waals surface area contributed by atoms with Gasteiger partial charge in [0, 0.05) is 20.2 Å². The molecule has 0 aliphatic carbocycles. The van der Waals surface area contributed by atoms with Crippen LogP contribution >= 0.6 is 0 Å². The molecule has 0 aromatic heterocycles. The van der Waals surface area contributed by atoms with Crippen molar-refractivity contribution in [3.8, 4) is 11.8 Å². The van der Waals surface area contributed by atoms with Gasteiger partial charge in [0.25, 0.3) is 0 Å². The topological polar surface area (TPSA) is 62.6 Å². The molecule has 0 bridgehead atoms. The molecule has 0 N–H and O–H groups in total. The highest BCUT2D eigenvalue weighted by Gasteiger charge is 2.12. The molecule has 0 aliphatic heterocycles. The number of hydrogen-bond donors (Lipinski definition) is 0. The molecule has 0 radical (unpaired) electrons. The van der Waals surface area contributed by atoms with E-state index in [1.165, 1.54) is 0 Å². The minimum atomic E-state index is -0.0186. The fourth-order valence-electron chi connectivity index (χ4n) is 1.87. The van der Waals surface area contributed by atoms with E-state index in [1.54, 1.807) is 12.0 Å². The first kappa shape index (κ1) is 17.0. The zero-order valence-corrected chi connectivity index (χ0v) is 12.7. The van der Waals surface area contributed by atoms with Gasteiger partial charge >= 0.3 is 0 Å². The van der Waals surface area contributed by atoms with Gasteiger partial charge in [-0.1, -0.05) is 12.1 Å². The molecule has 1 rings (SSSR count). The highest BCUT2D eigenvalue weighted by molar-refractivity contribution is 5.76. The van der Waals surface area contributed by atoms with E-state index in [1.807, 2.05) is 31.2 Å². The standard InChI is InChI=1S/C16H22N2O3/c1-14-5-3-6-15(13-14)21-11-7-16(19)18(9-4-8-17)10-12-20-2/h3,5-6,13H,4,7,9-12H2,1-2H3. The van der Waals surface area contributed by atoms with Crippen molar-refractivity contribution in [3.63, 3.8) is 0 Å². The largest absolute Gasteiger partial charge is 0.493 e. The van der Waals surface area contributed by atoms with E-state index in [4.69, 9.17) is 14.7 Å². The highest BCUT2D eigenvalue weighted by atomic mass is 16.5. The maximum atomic E-state index is 12.1. The third-order valence-electron chi connectivity index (χ3n) is 2.99. The minimum absolute atomic E-state index is 0.0186.